The van der Waals surface area contributed by atoms with Gasteiger partial charge in [-0.1, -0.05) is 5.16 Å². The van der Waals surface area contributed by atoms with Gasteiger partial charge < -0.3 is 9.26 Å². The van der Waals surface area contributed by atoms with Crippen LogP contribution in [0, 0.1) is 6.92 Å². The monoisotopic (exact) mass is 340 g/mol. The summed E-state index contributed by atoms with van der Waals surface area (Å²) in [6, 6.07) is 2.63. The number of rotatable bonds is 3. The van der Waals surface area contributed by atoms with E-state index in [4.69, 9.17) is 9.26 Å². The fraction of sp³-hybridized carbons (Fsp3) is 0.529. The number of aryl methyl sites for hydroxylation is 1. The average molecular weight is 340 g/mol. The summed E-state index contributed by atoms with van der Waals surface area (Å²) in [5, 5.41) is 9.52. The lowest BCUT2D eigenvalue weighted by molar-refractivity contribution is -0.0548. The summed E-state index contributed by atoms with van der Waals surface area (Å²) in [5.74, 6) is 1.15. The smallest absolute Gasteiger partial charge is 0.248 e. The van der Waals surface area contributed by atoms with Gasteiger partial charge in [0.1, 0.15) is 12.6 Å². The molecule has 0 bridgehead atoms. The predicted octanol–water partition coefficient (Wildman–Crippen LogP) is 1.71. The Morgan fingerprint density at radius 1 is 1.32 bits per heavy atom. The molecule has 0 amide bonds. The molecule has 0 N–H and O–H groups in total. The van der Waals surface area contributed by atoms with Crippen LogP contribution in [0.25, 0.3) is 11.0 Å². The topological polar surface area (TPSA) is 82.1 Å². The van der Waals surface area contributed by atoms with E-state index >= 15 is 0 Å². The molecular weight excluding hydrogens is 320 g/mol. The number of morpholine rings is 1. The lowest BCUT2D eigenvalue weighted by Gasteiger charge is -2.33. The van der Waals surface area contributed by atoms with Crippen molar-refractivity contribution < 1.29 is 9.26 Å². The van der Waals surface area contributed by atoms with Crippen LogP contribution >= 0.6 is 0 Å². The molecule has 2 aliphatic rings. The third kappa shape index (κ3) is 2.71. The third-order valence-electron chi connectivity index (χ3n) is 5.06. The van der Waals surface area contributed by atoms with Gasteiger partial charge in [0.25, 0.3) is 0 Å². The van der Waals surface area contributed by atoms with Gasteiger partial charge in [0.05, 0.1) is 12.8 Å². The molecule has 130 valence electrons. The Morgan fingerprint density at radius 2 is 2.28 bits per heavy atom. The Bertz CT molecular complexity index is 904. The number of hydrogen-bond acceptors (Lipinski definition) is 7. The Hall–Kier alpha value is -2.32. The fourth-order valence-corrected chi connectivity index (χ4v) is 3.76. The number of fused-ring (bicyclic) bond motifs is 2. The van der Waals surface area contributed by atoms with Gasteiger partial charge in [0.15, 0.2) is 5.65 Å². The van der Waals surface area contributed by atoms with E-state index in [1.165, 1.54) is 12.8 Å². The van der Waals surface area contributed by atoms with Crippen molar-refractivity contribution in [3.05, 3.63) is 35.7 Å². The lowest BCUT2D eigenvalue weighted by Crippen LogP contribution is -2.42. The van der Waals surface area contributed by atoms with Gasteiger partial charge in [-0.05, 0) is 37.9 Å². The predicted molar refractivity (Wildman–Crippen MR) is 89.0 cm³/mol. The maximum atomic E-state index is 5.95. The van der Waals surface area contributed by atoms with Crippen molar-refractivity contribution in [3.63, 3.8) is 0 Å². The molecule has 0 unspecified atom stereocenters. The highest BCUT2D eigenvalue weighted by Crippen LogP contribution is 2.28. The summed E-state index contributed by atoms with van der Waals surface area (Å²) in [5.41, 5.74) is 1.93. The molecule has 5 rings (SSSR count). The van der Waals surface area contributed by atoms with Crippen LogP contribution in [0.15, 0.2) is 23.0 Å². The van der Waals surface area contributed by atoms with E-state index in [0.29, 0.717) is 24.3 Å². The van der Waals surface area contributed by atoms with Crippen molar-refractivity contribution in [2.75, 3.05) is 19.7 Å². The Labute approximate surface area is 144 Å². The summed E-state index contributed by atoms with van der Waals surface area (Å²) in [6.45, 7) is 5.16. The van der Waals surface area contributed by atoms with Gasteiger partial charge in [-0.3, -0.25) is 4.90 Å². The maximum Gasteiger partial charge on any atom is 0.248 e. The number of ether oxygens (including phenoxy) is 1. The number of hydrogen-bond donors (Lipinski definition) is 0. The van der Waals surface area contributed by atoms with Crippen molar-refractivity contribution in [2.45, 2.75) is 38.5 Å². The van der Waals surface area contributed by atoms with Crippen LogP contribution in [0.2, 0.25) is 0 Å². The highest BCUT2D eigenvalue weighted by Gasteiger charge is 2.34. The van der Waals surface area contributed by atoms with E-state index in [1.807, 2.05) is 19.3 Å². The molecule has 0 radical (unpaired) electrons. The van der Waals surface area contributed by atoms with Crippen LogP contribution in [-0.2, 0) is 11.3 Å². The molecular formula is C17H20N6O2. The van der Waals surface area contributed by atoms with Crippen LogP contribution in [0.3, 0.4) is 0 Å². The second-order valence-electron chi connectivity index (χ2n) is 6.89. The van der Waals surface area contributed by atoms with E-state index in [-0.39, 0.29) is 6.10 Å². The molecule has 2 aliphatic heterocycles. The maximum absolute atomic E-state index is 5.95. The van der Waals surface area contributed by atoms with Gasteiger partial charge >= 0.3 is 0 Å². The molecule has 2 atom stereocenters. The summed E-state index contributed by atoms with van der Waals surface area (Å²) in [6.07, 6.45) is 6.01. The second-order valence-corrected chi connectivity index (χ2v) is 6.89. The molecule has 2 fully saturated rings. The highest BCUT2D eigenvalue weighted by atomic mass is 16.5. The van der Waals surface area contributed by atoms with Gasteiger partial charge in [-0.25, -0.2) is 9.67 Å². The van der Waals surface area contributed by atoms with Gasteiger partial charge in [-0.2, -0.15) is 10.1 Å². The van der Waals surface area contributed by atoms with E-state index in [0.717, 1.165) is 36.3 Å². The first kappa shape index (κ1) is 15.0. The Morgan fingerprint density at radius 3 is 3.24 bits per heavy atom. The molecule has 0 aromatic carbocycles. The molecule has 0 aliphatic carbocycles. The molecule has 3 aromatic rings. The quantitative estimate of drug-likeness (QED) is 0.718. The molecule has 8 nitrogen and oxygen atoms in total. The number of pyridine rings is 1. The van der Waals surface area contributed by atoms with Gasteiger partial charge in [-0.15, -0.1) is 0 Å². The fourth-order valence-electron chi connectivity index (χ4n) is 3.76. The molecule has 0 saturated carbocycles. The molecule has 2 saturated heterocycles. The standard InChI is InChI=1S/C17H20N6O2/c1-11-5-12-7-19-23(17(12)18-6-11)9-15-20-16(21-25-15)14-8-22-4-2-3-13(22)10-24-14/h5-7,13-14H,2-4,8-10H2,1H3/t13-,14+/m0/s1. The third-order valence-corrected chi connectivity index (χ3v) is 5.06. The summed E-state index contributed by atoms with van der Waals surface area (Å²) < 4.78 is 13.2. The zero-order valence-electron chi connectivity index (χ0n) is 14.1. The number of nitrogens with zero attached hydrogens (tertiary/aromatic N) is 6. The molecule has 25 heavy (non-hydrogen) atoms. The minimum absolute atomic E-state index is 0.109. The summed E-state index contributed by atoms with van der Waals surface area (Å²) in [4.78, 5) is 11.4. The van der Waals surface area contributed by atoms with Crippen LogP contribution < -0.4 is 0 Å². The van der Waals surface area contributed by atoms with E-state index in [9.17, 15) is 0 Å². The SMILES string of the molecule is Cc1cnc2c(cnn2Cc2nc([C@H]3CN4CCC[C@H]4CO3)no2)c1. The van der Waals surface area contributed by atoms with Crippen molar-refractivity contribution >= 4 is 11.0 Å². The van der Waals surface area contributed by atoms with Crippen LogP contribution in [0.1, 0.15) is 36.2 Å². The normalized spacial score (nSPS) is 24.0. The molecule has 0 spiro atoms. The zero-order chi connectivity index (χ0) is 16.8. The minimum Gasteiger partial charge on any atom is -0.367 e. The van der Waals surface area contributed by atoms with Gasteiger partial charge in [0.2, 0.25) is 11.7 Å². The zero-order valence-corrected chi connectivity index (χ0v) is 14.1. The van der Waals surface area contributed by atoms with Crippen molar-refractivity contribution in [1.82, 2.24) is 29.8 Å². The summed E-state index contributed by atoms with van der Waals surface area (Å²) >= 11 is 0. The van der Waals surface area contributed by atoms with Crippen LogP contribution in [0.4, 0.5) is 0 Å². The van der Waals surface area contributed by atoms with E-state index < -0.39 is 0 Å². The first-order chi connectivity index (χ1) is 12.3. The second kappa shape index (κ2) is 5.89. The molecule has 8 heteroatoms. The minimum atomic E-state index is -0.109. The average Bonchev–Trinajstić information content (AvgIpc) is 3.34. The Kier molecular flexibility index (Phi) is 3.53. The first-order valence-corrected chi connectivity index (χ1v) is 8.72. The molecule has 5 heterocycles. The Balaban J connectivity index is 1.34. The van der Waals surface area contributed by atoms with Crippen molar-refractivity contribution in [2.24, 2.45) is 0 Å². The van der Waals surface area contributed by atoms with E-state index in [2.05, 4.69) is 31.2 Å². The van der Waals surface area contributed by atoms with Crippen molar-refractivity contribution in [1.29, 1.82) is 0 Å². The largest absolute Gasteiger partial charge is 0.367 e. The van der Waals surface area contributed by atoms with Crippen molar-refractivity contribution in [3.8, 4) is 0 Å². The lowest BCUT2D eigenvalue weighted by atomic mass is 10.2. The molecule has 3 aromatic heterocycles. The first-order valence-electron chi connectivity index (χ1n) is 8.72. The van der Waals surface area contributed by atoms with E-state index in [1.54, 1.807) is 4.68 Å². The highest BCUT2D eigenvalue weighted by molar-refractivity contribution is 5.74. The van der Waals surface area contributed by atoms with Gasteiger partial charge in [0, 0.05) is 24.2 Å². The number of aromatic nitrogens is 5. The van der Waals surface area contributed by atoms with Crippen LogP contribution in [-0.4, -0.2) is 55.5 Å². The van der Waals surface area contributed by atoms with Crippen LogP contribution in [0.5, 0.6) is 0 Å². The summed E-state index contributed by atoms with van der Waals surface area (Å²) in [7, 11) is 0.